The van der Waals surface area contributed by atoms with Gasteiger partial charge in [-0.2, -0.15) is 0 Å². The van der Waals surface area contributed by atoms with Crippen LogP contribution in [-0.4, -0.2) is 29.8 Å². The molecule has 0 atom stereocenters. The van der Waals surface area contributed by atoms with Gasteiger partial charge in [0.2, 0.25) is 10.0 Å². The van der Waals surface area contributed by atoms with Crippen molar-refractivity contribution < 1.29 is 21.6 Å². The lowest BCUT2D eigenvalue weighted by molar-refractivity contribution is 0.0964. The molecule has 2 rings (SSSR count). The fraction of sp³-hybridized carbons (Fsp3) is 0.0714. The minimum Gasteiger partial charge on any atom is -0.355 e. The molecule has 134 valence electrons. The zero-order chi connectivity index (χ0) is 18.8. The molecule has 4 N–H and O–H groups in total. The van der Waals surface area contributed by atoms with Gasteiger partial charge in [0, 0.05) is 12.1 Å². The lowest BCUT2D eigenvalue weighted by Gasteiger charge is -2.13. The molecule has 0 spiro atoms. The molecule has 2 aromatic rings. The number of carbonyl (C=O) groups excluding carboxylic acids is 1. The molecule has 11 heteroatoms. The van der Waals surface area contributed by atoms with E-state index in [1.54, 1.807) is 0 Å². The Morgan fingerprint density at radius 2 is 1.68 bits per heavy atom. The Hall–Kier alpha value is -2.14. The first-order chi connectivity index (χ1) is 11.5. The number of benzene rings is 2. The Morgan fingerprint density at radius 1 is 1.04 bits per heavy atom. The Balaban J connectivity index is 2.49. The number of nitrogens with two attached hydrogens (primary N) is 1. The second-order valence-electron chi connectivity index (χ2n) is 4.89. The monoisotopic (exact) mass is 403 g/mol. The third-order valence-corrected chi connectivity index (χ3v) is 5.65. The van der Waals surface area contributed by atoms with Gasteiger partial charge in [0.15, 0.2) is 0 Å². The first-order valence-corrected chi connectivity index (χ1v) is 10.1. The van der Waals surface area contributed by atoms with Gasteiger partial charge in [-0.1, -0.05) is 17.7 Å². The first kappa shape index (κ1) is 19.2. The standard InChI is InChI=1S/C14H14ClN3O5S2/c1-17-14(19)12-7-9(15)5-6-13(12)18-25(22,23)11-4-2-3-10(8-11)24(16,20)21/h2-8,18H,1H3,(H,17,19)(H2,16,20,21). The van der Waals surface area contributed by atoms with Gasteiger partial charge in [-0.3, -0.25) is 9.52 Å². The van der Waals surface area contributed by atoms with E-state index in [-0.39, 0.29) is 26.1 Å². The number of carbonyl (C=O) groups is 1. The highest BCUT2D eigenvalue weighted by Crippen LogP contribution is 2.24. The number of sulfonamides is 2. The summed E-state index contributed by atoms with van der Waals surface area (Å²) < 4.78 is 50.0. The largest absolute Gasteiger partial charge is 0.355 e. The van der Waals surface area contributed by atoms with Crippen LogP contribution in [0.2, 0.25) is 5.02 Å². The van der Waals surface area contributed by atoms with E-state index < -0.39 is 26.0 Å². The maximum absolute atomic E-state index is 12.5. The average molecular weight is 404 g/mol. The molecule has 0 unspecified atom stereocenters. The molecule has 0 fully saturated rings. The number of primary sulfonamides is 1. The fourth-order valence-electron chi connectivity index (χ4n) is 1.95. The van der Waals surface area contributed by atoms with Crippen molar-refractivity contribution in [2.75, 3.05) is 11.8 Å². The van der Waals surface area contributed by atoms with Gasteiger partial charge in [0.1, 0.15) is 0 Å². The van der Waals surface area contributed by atoms with Crippen LogP contribution in [0.5, 0.6) is 0 Å². The summed E-state index contributed by atoms with van der Waals surface area (Å²) in [4.78, 5) is 11.2. The molecule has 2 aromatic carbocycles. The Morgan fingerprint density at radius 3 is 2.28 bits per heavy atom. The van der Waals surface area contributed by atoms with Crippen LogP contribution in [0.3, 0.4) is 0 Å². The molecule has 25 heavy (non-hydrogen) atoms. The maximum atomic E-state index is 12.5. The average Bonchev–Trinajstić information content (AvgIpc) is 2.55. The molecule has 8 nitrogen and oxygen atoms in total. The summed E-state index contributed by atoms with van der Waals surface area (Å²) >= 11 is 5.84. The van der Waals surface area contributed by atoms with Crippen LogP contribution in [0.4, 0.5) is 5.69 Å². The molecule has 0 bridgehead atoms. The number of amides is 1. The Kier molecular flexibility index (Phi) is 5.37. The topological polar surface area (TPSA) is 135 Å². The minimum absolute atomic E-state index is 0.00948. The first-order valence-electron chi connectivity index (χ1n) is 6.72. The molecule has 0 saturated heterocycles. The van der Waals surface area contributed by atoms with Crippen molar-refractivity contribution in [1.82, 2.24) is 5.32 Å². The smallest absolute Gasteiger partial charge is 0.261 e. The van der Waals surface area contributed by atoms with Crippen LogP contribution in [0.15, 0.2) is 52.3 Å². The van der Waals surface area contributed by atoms with E-state index in [9.17, 15) is 21.6 Å². The van der Waals surface area contributed by atoms with Crippen molar-refractivity contribution in [3.8, 4) is 0 Å². The maximum Gasteiger partial charge on any atom is 0.261 e. The summed E-state index contributed by atoms with van der Waals surface area (Å²) in [6.07, 6.45) is 0. The van der Waals surface area contributed by atoms with Crippen molar-refractivity contribution in [2.24, 2.45) is 5.14 Å². The van der Waals surface area contributed by atoms with Crippen LogP contribution in [0.25, 0.3) is 0 Å². The molecule has 0 aliphatic rings. The normalized spacial score (nSPS) is 11.8. The molecule has 1 amide bonds. The lowest BCUT2D eigenvalue weighted by Crippen LogP contribution is -2.22. The van der Waals surface area contributed by atoms with Gasteiger partial charge >= 0.3 is 0 Å². The third kappa shape index (κ3) is 4.48. The van der Waals surface area contributed by atoms with Crippen LogP contribution < -0.4 is 15.2 Å². The summed E-state index contributed by atoms with van der Waals surface area (Å²) in [5, 5.41) is 7.63. The molecular formula is C14H14ClN3O5S2. The highest BCUT2D eigenvalue weighted by molar-refractivity contribution is 7.93. The molecule has 0 aliphatic heterocycles. The summed E-state index contributed by atoms with van der Waals surface area (Å²) in [5.74, 6) is -0.543. The van der Waals surface area contributed by atoms with Gasteiger partial charge in [0.05, 0.1) is 21.0 Å². The summed E-state index contributed by atoms with van der Waals surface area (Å²) in [7, 11) is -6.84. The van der Waals surface area contributed by atoms with Gasteiger partial charge in [0.25, 0.3) is 15.9 Å². The number of hydrogen-bond donors (Lipinski definition) is 3. The number of nitrogens with one attached hydrogen (secondary N) is 2. The highest BCUT2D eigenvalue weighted by atomic mass is 35.5. The molecule has 0 aromatic heterocycles. The number of anilines is 1. The van der Waals surface area contributed by atoms with Crippen LogP contribution in [0, 0.1) is 0 Å². The molecule has 0 aliphatic carbocycles. The van der Waals surface area contributed by atoms with Crippen molar-refractivity contribution in [1.29, 1.82) is 0 Å². The Bertz CT molecular complexity index is 1040. The SMILES string of the molecule is CNC(=O)c1cc(Cl)ccc1NS(=O)(=O)c1cccc(S(N)(=O)=O)c1. The van der Waals surface area contributed by atoms with Crippen LogP contribution in [-0.2, 0) is 20.0 Å². The minimum atomic E-state index is -4.17. The van der Waals surface area contributed by atoms with Gasteiger partial charge in [-0.05, 0) is 36.4 Å². The molecular weight excluding hydrogens is 390 g/mol. The molecule has 0 radical (unpaired) electrons. The van der Waals surface area contributed by atoms with Crippen LogP contribution >= 0.6 is 11.6 Å². The van der Waals surface area contributed by atoms with Gasteiger partial charge < -0.3 is 5.32 Å². The van der Waals surface area contributed by atoms with E-state index in [2.05, 4.69) is 10.0 Å². The van der Waals surface area contributed by atoms with E-state index in [1.165, 1.54) is 43.4 Å². The van der Waals surface area contributed by atoms with Crippen molar-refractivity contribution in [3.63, 3.8) is 0 Å². The zero-order valence-corrected chi connectivity index (χ0v) is 15.2. The summed E-state index contributed by atoms with van der Waals surface area (Å²) in [6.45, 7) is 0. The van der Waals surface area contributed by atoms with Crippen molar-refractivity contribution >= 4 is 43.2 Å². The quantitative estimate of drug-likeness (QED) is 0.688. The number of hydrogen-bond acceptors (Lipinski definition) is 5. The predicted octanol–water partition coefficient (Wildman–Crippen LogP) is 1.15. The molecule has 0 saturated carbocycles. The van der Waals surface area contributed by atoms with Gasteiger partial charge in [-0.25, -0.2) is 22.0 Å². The molecule has 0 heterocycles. The van der Waals surface area contributed by atoms with E-state index in [0.29, 0.717) is 0 Å². The summed E-state index contributed by atoms with van der Waals surface area (Å²) in [6, 6.07) is 8.59. The third-order valence-electron chi connectivity index (χ3n) is 3.14. The van der Waals surface area contributed by atoms with E-state index in [0.717, 1.165) is 6.07 Å². The highest BCUT2D eigenvalue weighted by Gasteiger charge is 2.20. The number of halogens is 1. The Labute approximate surface area is 150 Å². The second-order valence-corrected chi connectivity index (χ2v) is 8.57. The van der Waals surface area contributed by atoms with E-state index in [1.807, 2.05) is 0 Å². The fourth-order valence-corrected chi connectivity index (χ4v) is 3.88. The predicted molar refractivity (Wildman–Crippen MR) is 93.5 cm³/mol. The van der Waals surface area contributed by atoms with Gasteiger partial charge in [-0.15, -0.1) is 0 Å². The van der Waals surface area contributed by atoms with E-state index >= 15 is 0 Å². The zero-order valence-electron chi connectivity index (χ0n) is 12.9. The second kappa shape index (κ2) is 7.00. The lowest BCUT2D eigenvalue weighted by atomic mass is 10.2. The summed E-state index contributed by atoms with van der Waals surface area (Å²) in [5.41, 5.74) is 0.00550. The van der Waals surface area contributed by atoms with Crippen molar-refractivity contribution in [2.45, 2.75) is 9.79 Å². The van der Waals surface area contributed by atoms with Crippen molar-refractivity contribution in [3.05, 3.63) is 53.1 Å². The van der Waals surface area contributed by atoms with E-state index in [4.69, 9.17) is 16.7 Å². The number of rotatable bonds is 5. The van der Waals surface area contributed by atoms with Crippen LogP contribution in [0.1, 0.15) is 10.4 Å².